The predicted octanol–water partition coefficient (Wildman–Crippen LogP) is 3.19. The molecule has 0 saturated carbocycles. The molecule has 128 valence electrons. The van der Waals surface area contributed by atoms with E-state index in [2.05, 4.69) is 9.88 Å². The topological polar surface area (TPSA) is 54.9 Å². The van der Waals surface area contributed by atoms with E-state index in [-0.39, 0.29) is 6.09 Å². The van der Waals surface area contributed by atoms with Crippen LogP contribution in [0.25, 0.3) is 0 Å². The number of methoxy groups -OCH3 is 1. The average Bonchev–Trinajstić information content (AvgIpc) is 2.72. The van der Waals surface area contributed by atoms with E-state index in [9.17, 15) is 4.79 Å². The minimum atomic E-state index is -0.483. The van der Waals surface area contributed by atoms with Crippen molar-refractivity contribution in [3.05, 3.63) is 17.4 Å². The Morgan fingerprint density at radius 2 is 2.00 bits per heavy atom. The van der Waals surface area contributed by atoms with Gasteiger partial charge in [0.2, 0.25) is 0 Å². The Morgan fingerprint density at radius 1 is 1.26 bits per heavy atom. The summed E-state index contributed by atoms with van der Waals surface area (Å²) in [6.45, 7) is 8.34. The van der Waals surface area contributed by atoms with Gasteiger partial charge in [0, 0.05) is 32.2 Å². The molecule has 0 aromatic carbocycles. The quantitative estimate of drug-likeness (QED) is 0.773. The highest BCUT2D eigenvalue weighted by Crippen LogP contribution is 2.28. The third kappa shape index (κ3) is 4.89. The molecule has 1 aliphatic heterocycles. The molecule has 7 heteroatoms. The SMILES string of the molecule is COc1cnc(Cl)c(N2CCCN(C(=O)OC(C)(C)C)CC2)c1. The van der Waals surface area contributed by atoms with Crippen LogP contribution in [0.1, 0.15) is 27.2 Å². The second-order valence-corrected chi connectivity index (χ2v) is 6.85. The number of nitrogens with zero attached hydrogens (tertiary/aromatic N) is 3. The van der Waals surface area contributed by atoms with Crippen molar-refractivity contribution in [1.82, 2.24) is 9.88 Å². The predicted molar refractivity (Wildman–Crippen MR) is 90.4 cm³/mol. The third-order valence-electron chi connectivity index (χ3n) is 3.52. The second-order valence-electron chi connectivity index (χ2n) is 6.49. The summed E-state index contributed by atoms with van der Waals surface area (Å²) in [6, 6.07) is 1.87. The molecule has 1 saturated heterocycles. The van der Waals surface area contributed by atoms with Crippen molar-refractivity contribution in [1.29, 1.82) is 0 Å². The minimum absolute atomic E-state index is 0.269. The molecule has 6 nitrogen and oxygen atoms in total. The molecule has 0 radical (unpaired) electrons. The molecule has 0 spiro atoms. The molecule has 0 N–H and O–H groups in total. The number of hydrogen-bond donors (Lipinski definition) is 0. The summed E-state index contributed by atoms with van der Waals surface area (Å²) < 4.78 is 10.7. The van der Waals surface area contributed by atoms with Gasteiger partial charge >= 0.3 is 6.09 Å². The van der Waals surface area contributed by atoms with Crippen LogP contribution in [0.3, 0.4) is 0 Å². The van der Waals surface area contributed by atoms with E-state index in [1.54, 1.807) is 18.2 Å². The van der Waals surface area contributed by atoms with Crippen LogP contribution in [-0.4, -0.2) is 54.9 Å². The second kappa shape index (κ2) is 7.25. The molecule has 1 fully saturated rings. The monoisotopic (exact) mass is 341 g/mol. The van der Waals surface area contributed by atoms with E-state index in [1.165, 1.54) is 0 Å². The smallest absolute Gasteiger partial charge is 0.410 e. The molecule has 1 aliphatic rings. The number of carbonyl (C=O) groups excluding carboxylic acids is 1. The molecule has 1 aromatic rings. The van der Waals surface area contributed by atoms with Gasteiger partial charge in [-0.25, -0.2) is 9.78 Å². The van der Waals surface area contributed by atoms with Crippen LogP contribution in [-0.2, 0) is 4.74 Å². The Hall–Kier alpha value is -1.69. The zero-order valence-corrected chi connectivity index (χ0v) is 14.9. The lowest BCUT2D eigenvalue weighted by atomic mass is 10.2. The molecule has 0 aliphatic carbocycles. The molecule has 0 bridgehead atoms. The summed E-state index contributed by atoms with van der Waals surface area (Å²) >= 11 is 6.21. The summed E-state index contributed by atoms with van der Waals surface area (Å²) in [7, 11) is 1.60. The number of carbonyl (C=O) groups is 1. The van der Waals surface area contributed by atoms with Gasteiger partial charge in [-0.05, 0) is 27.2 Å². The zero-order chi connectivity index (χ0) is 17.0. The largest absolute Gasteiger partial charge is 0.495 e. The van der Waals surface area contributed by atoms with Gasteiger partial charge in [-0.3, -0.25) is 0 Å². The van der Waals surface area contributed by atoms with Crippen LogP contribution in [0, 0.1) is 0 Å². The van der Waals surface area contributed by atoms with Gasteiger partial charge in [0.25, 0.3) is 0 Å². The first kappa shape index (κ1) is 17.7. The summed E-state index contributed by atoms with van der Waals surface area (Å²) in [5.41, 5.74) is 0.348. The van der Waals surface area contributed by atoms with Gasteiger partial charge in [0.1, 0.15) is 11.4 Å². The van der Waals surface area contributed by atoms with Crippen molar-refractivity contribution < 1.29 is 14.3 Å². The lowest BCUT2D eigenvalue weighted by Crippen LogP contribution is -2.39. The fourth-order valence-electron chi connectivity index (χ4n) is 2.42. The lowest BCUT2D eigenvalue weighted by Gasteiger charge is -2.27. The maximum absolute atomic E-state index is 12.2. The first-order chi connectivity index (χ1) is 10.8. The van der Waals surface area contributed by atoms with E-state index in [0.717, 1.165) is 18.7 Å². The Morgan fingerprint density at radius 3 is 2.65 bits per heavy atom. The molecule has 1 aromatic heterocycles. The van der Waals surface area contributed by atoms with Gasteiger partial charge in [0.05, 0.1) is 19.0 Å². The molecule has 1 amide bonds. The molecule has 0 unspecified atom stereocenters. The number of aromatic nitrogens is 1. The number of ether oxygens (including phenoxy) is 2. The molecule has 2 rings (SSSR count). The van der Waals surface area contributed by atoms with Gasteiger partial charge in [-0.15, -0.1) is 0 Å². The number of hydrogen-bond acceptors (Lipinski definition) is 5. The molecule has 2 heterocycles. The van der Waals surface area contributed by atoms with E-state index in [1.807, 2.05) is 26.8 Å². The number of rotatable bonds is 2. The van der Waals surface area contributed by atoms with Crippen molar-refractivity contribution in [3.8, 4) is 5.75 Å². The summed E-state index contributed by atoms with van der Waals surface area (Å²) in [5.74, 6) is 0.664. The first-order valence-corrected chi connectivity index (χ1v) is 8.10. The highest BCUT2D eigenvalue weighted by atomic mass is 35.5. The van der Waals surface area contributed by atoms with E-state index in [0.29, 0.717) is 30.5 Å². The minimum Gasteiger partial charge on any atom is -0.495 e. The number of halogens is 1. The van der Waals surface area contributed by atoms with Crippen molar-refractivity contribution >= 4 is 23.4 Å². The van der Waals surface area contributed by atoms with Crippen LogP contribution < -0.4 is 9.64 Å². The fraction of sp³-hybridized carbons (Fsp3) is 0.625. The summed E-state index contributed by atoms with van der Waals surface area (Å²) in [4.78, 5) is 20.2. The first-order valence-electron chi connectivity index (χ1n) is 7.72. The molecular weight excluding hydrogens is 318 g/mol. The van der Waals surface area contributed by atoms with Crippen LogP contribution in [0.4, 0.5) is 10.5 Å². The Bertz CT molecular complexity index is 560. The number of anilines is 1. The highest BCUT2D eigenvalue weighted by Gasteiger charge is 2.25. The summed E-state index contributed by atoms with van der Waals surface area (Å²) in [5, 5.41) is 0.441. The maximum Gasteiger partial charge on any atom is 0.410 e. The Kier molecular flexibility index (Phi) is 5.57. The number of amides is 1. The Labute approximate surface area is 142 Å². The standard InChI is InChI=1S/C16H24ClN3O3/c1-16(2,3)23-15(21)20-7-5-6-19(8-9-20)13-10-12(22-4)11-18-14(13)17/h10-11H,5-9H2,1-4H3. The van der Waals surface area contributed by atoms with Crippen molar-refractivity contribution in [2.75, 3.05) is 38.2 Å². The van der Waals surface area contributed by atoms with Crippen LogP contribution in [0.15, 0.2) is 12.3 Å². The fourth-order valence-corrected chi connectivity index (χ4v) is 2.64. The average molecular weight is 342 g/mol. The molecular formula is C16H24ClN3O3. The van der Waals surface area contributed by atoms with E-state index < -0.39 is 5.60 Å². The van der Waals surface area contributed by atoms with Crippen LogP contribution in [0.5, 0.6) is 5.75 Å². The molecule has 0 atom stereocenters. The van der Waals surface area contributed by atoms with Crippen molar-refractivity contribution in [3.63, 3.8) is 0 Å². The third-order valence-corrected chi connectivity index (χ3v) is 3.81. The van der Waals surface area contributed by atoms with Gasteiger partial charge < -0.3 is 19.3 Å². The van der Waals surface area contributed by atoms with Crippen LogP contribution in [0.2, 0.25) is 5.15 Å². The maximum atomic E-state index is 12.2. The van der Waals surface area contributed by atoms with Gasteiger partial charge in [0.15, 0.2) is 5.15 Å². The highest BCUT2D eigenvalue weighted by molar-refractivity contribution is 6.32. The van der Waals surface area contributed by atoms with Gasteiger partial charge in [-0.1, -0.05) is 11.6 Å². The van der Waals surface area contributed by atoms with Crippen LogP contribution >= 0.6 is 11.6 Å². The van der Waals surface area contributed by atoms with E-state index in [4.69, 9.17) is 21.1 Å². The lowest BCUT2D eigenvalue weighted by molar-refractivity contribution is 0.0263. The van der Waals surface area contributed by atoms with Crippen molar-refractivity contribution in [2.45, 2.75) is 32.8 Å². The van der Waals surface area contributed by atoms with Gasteiger partial charge in [-0.2, -0.15) is 0 Å². The van der Waals surface area contributed by atoms with Crippen molar-refractivity contribution in [2.24, 2.45) is 0 Å². The Balaban J connectivity index is 2.05. The molecule has 23 heavy (non-hydrogen) atoms. The summed E-state index contributed by atoms with van der Waals surface area (Å²) in [6.07, 6.45) is 2.16. The number of pyridine rings is 1. The normalized spacial score (nSPS) is 16.0. The zero-order valence-electron chi connectivity index (χ0n) is 14.1. The van der Waals surface area contributed by atoms with E-state index >= 15 is 0 Å².